The van der Waals surface area contributed by atoms with E-state index in [1.165, 1.54) is 10.8 Å². The van der Waals surface area contributed by atoms with Crippen LogP contribution in [0.2, 0.25) is 0 Å². The molecule has 3 nitrogen and oxygen atoms in total. The molecule has 0 saturated heterocycles. The van der Waals surface area contributed by atoms with Crippen LogP contribution in [0.15, 0.2) is 84.9 Å². The van der Waals surface area contributed by atoms with Gasteiger partial charge < -0.3 is 10.1 Å². The second-order valence-electron chi connectivity index (χ2n) is 6.64. The van der Waals surface area contributed by atoms with Crippen molar-refractivity contribution in [3.63, 3.8) is 0 Å². The minimum absolute atomic E-state index is 0.129. The largest absolute Gasteiger partial charge is 0.480 e. The Morgan fingerprint density at radius 1 is 0.852 bits per heavy atom. The Kier molecular flexibility index (Phi) is 4.75. The lowest BCUT2D eigenvalue weighted by molar-refractivity contribution is -0.127. The molecule has 0 aliphatic carbocycles. The van der Waals surface area contributed by atoms with Crippen molar-refractivity contribution < 1.29 is 9.53 Å². The molecule has 4 aromatic carbocycles. The van der Waals surface area contributed by atoms with Gasteiger partial charge in [0.25, 0.3) is 5.91 Å². The number of rotatable bonds is 5. The monoisotopic (exact) mass is 355 g/mol. The molecule has 0 spiro atoms. The maximum atomic E-state index is 12.5. The highest BCUT2D eigenvalue weighted by molar-refractivity contribution is 5.89. The van der Waals surface area contributed by atoms with Gasteiger partial charge in [-0.3, -0.25) is 4.79 Å². The molecule has 0 fully saturated rings. The van der Waals surface area contributed by atoms with Crippen molar-refractivity contribution in [3.8, 4) is 5.75 Å². The van der Waals surface area contributed by atoms with Gasteiger partial charge in [-0.1, -0.05) is 72.8 Å². The summed E-state index contributed by atoms with van der Waals surface area (Å²) in [7, 11) is 0. The van der Waals surface area contributed by atoms with Crippen LogP contribution in [0.5, 0.6) is 5.75 Å². The quantitative estimate of drug-likeness (QED) is 0.542. The van der Waals surface area contributed by atoms with Gasteiger partial charge in [-0.2, -0.15) is 0 Å². The van der Waals surface area contributed by atoms with E-state index in [4.69, 9.17) is 4.74 Å². The maximum Gasteiger partial charge on any atom is 0.261 e. The number of fused-ring (bicyclic) bond motifs is 2. The molecule has 0 aliphatic heterocycles. The molecular formula is C24H21NO2. The van der Waals surface area contributed by atoms with Gasteiger partial charge in [0.2, 0.25) is 0 Å². The molecule has 3 heteroatoms. The van der Waals surface area contributed by atoms with Crippen LogP contribution in [-0.4, -0.2) is 12.0 Å². The van der Waals surface area contributed by atoms with E-state index in [0.29, 0.717) is 6.54 Å². The zero-order chi connectivity index (χ0) is 18.6. The zero-order valence-electron chi connectivity index (χ0n) is 15.2. The second kappa shape index (κ2) is 7.50. The smallest absolute Gasteiger partial charge is 0.261 e. The summed E-state index contributed by atoms with van der Waals surface area (Å²) in [4.78, 5) is 12.5. The third kappa shape index (κ3) is 3.77. The molecular weight excluding hydrogens is 334 g/mol. The summed E-state index contributed by atoms with van der Waals surface area (Å²) in [6.45, 7) is 2.25. The van der Waals surface area contributed by atoms with E-state index < -0.39 is 6.10 Å². The first kappa shape index (κ1) is 17.1. The highest BCUT2D eigenvalue weighted by Crippen LogP contribution is 2.26. The summed E-state index contributed by atoms with van der Waals surface area (Å²) >= 11 is 0. The molecule has 1 atom stereocenters. The standard InChI is InChI=1S/C24H21NO2/c1-17(27-23-12-6-10-20-8-4-5-11-22(20)23)24(26)25-16-18-13-14-19-7-2-3-9-21(19)15-18/h2-15,17H,16H2,1H3,(H,25,26). The minimum atomic E-state index is -0.573. The molecule has 0 aromatic heterocycles. The summed E-state index contributed by atoms with van der Waals surface area (Å²) in [6.07, 6.45) is -0.573. The van der Waals surface area contributed by atoms with Crippen molar-refractivity contribution in [2.45, 2.75) is 19.6 Å². The fraction of sp³-hybridized carbons (Fsp3) is 0.125. The third-order valence-corrected chi connectivity index (χ3v) is 4.70. The van der Waals surface area contributed by atoms with Crippen LogP contribution in [0.4, 0.5) is 0 Å². The van der Waals surface area contributed by atoms with Crippen LogP contribution < -0.4 is 10.1 Å². The summed E-state index contributed by atoms with van der Waals surface area (Å²) < 4.78 is 5.94. The molecule has 0 saturated carbocycles. The van der Waals surface area contributed by atoms with Crippen LogP contribution >= 0.6 is 0 Å². The summed E-state index contributed by atoms with van der Waals surface area (Å²) in [5.41, 5.74) is 1.07. The van der Waals surface area contributed by atoms with Gasteiger partial charge in [0.1, 0.15) is 5.75 Å². The predicted octanol–water partition coefficient (Wildman–Crippen LogP) is 5.08. The average molecular weight is 355 g/mol. The van der Waals surface area contributed by atoms with Crippen LogP contribution in [0.1, 0.15) is 12.5 Å². The molecule has 1 amide bonds. The molecule has 4 aromatic rings. The van der Waals surface area contributed by atoms with Gasteiger partial charge in [-0.25, -0.2) is 0 Å². The van der Waals surface area contributed by atoms with E-state index >= 15 is 0 Å². The number of benzene rings is 4. The van der Waals surface area contributed by atoms with Gasteiger partial charge in [-0.05, 0) is 40.8 Å². The number of amides is 1. The number of carbonyl (C=O) groups excluding carboxylic acids is 1. The first-order valence-corrected chi connectivity index (χ1v) is 9.10. The average Bonchev–Trinajstić information content (AvgIpc) is 2.72. The topological polar surface area (TPSA) is 38.3 Å². The van der Waals surface area contributed by atoms with E-state index in [0.717, 1.165) is 22.1 Å². The molecule has 0 bridgehead atoms. The summed E-state index contributed by atoms with van der Waals surface area (Å²) in [6, 6.07) is 28.3. The van der Waals surface area contributed by atoms with Crippen LogP contribution in [0.25, 0.3) is 21.5 Å². The Balaban J connectivity index is 1.42. The Hall–Kier alpha value is -3.33. The molecule has 0 aliphatic rings. The highest BCUT2D eigenvalue weighted by atomic mass is 16.5. The Morgan fingerprint density at radius 2 is 1.56 bits per heavy atom. The molecule has 27 heavy (non-hydrogen) atoms. The Bertz CT molecular complexity index is 1100. The van der Waals surface area contributed by atoms with Crippen molar-refractivity contribution in [2.75, 3.05) is 0 Å². The van der Waals surface area contributed by atoms with Crippen molar-refractivity contribution in [3.05, 3.63) is 90.5 Å². The van der Waals surface area contributed by atoms with Crippen molar-refractivity contribution in [1.29, 1.82) is 0 Å². The van der Waals surface area contributed by atoms with Crippen LogP contribution in [0.3, 0.4) is 0 Å². The summed E-state index contributed by atoms with van der Waals surface area (Å²) in [5.74, 6) is 0.595. The van der Waals surface area contributed by atoms with Gasteiger partial charge in [-0.15, -0.1) is 0 Å². The van der Waals surface area contributed by atoms with E-state index in [9.17, 15) is 4.79 Å². The molecule has 1 unspecified atom stereocenters. The van der Waals surface area contributed by atoms with Crippen LogP contribution in [-0.2, 0) is 11.3 Å². The molecule has 1 N–H and O–H groups in total. The molecule has 134 valence electrons. The predicted molar refractivity (Wildman–Crippen MR) is 110 cm³/mol. The maximum absolute atomic E-state index is 12.5. The molecule has 4 rings (SSSR count). The lowest BCUT2D eigenvalue weighted by Crippen LogP contribution is -2.35. The van der Waals surface area contributed by atoms with Gasteiger partial charge >= 0.3 is 0 Å². The number of hydrogen-bond acceptors (Lipinski definition) is 2. The Labute approximate surface area is 158 Å². The highest BCUT2D eigenvalue weighted by Gasteiger charge is 2.15. The van der Waals surface area contributed by atoms with E-state index in [2.05, 4.69) is 29.6 Å². The lowest BCUT2D eigenvalue weighted by atomic mass is 10.1. The zero-order valence-corrected chi connectivity index (χ0v) is 15.2. The number of hydrogen-bond donors (Lipinski definition) is 1. The third-order valence-electron chi connectivity index (χ3n) is 4.70. The Morgan fingerprint density at radius 3 is 2.41 bits per heavy atom. The van der Waals surface area contributed by atoms with E-state index in [-0.39, 0.29) is 5.91 Å². The fourth-order valence-electron chi connectivity index (χ4n) is 3.22. The number of ether oxygens (including phenoxy) is 1. The van der Waals surface area contributed by atoms with Gasteiger partial charge in [0.15, 0.2) is 6.10 Å². The van der Waals surface area contributed by atoms with Gasteiger partial charge in [0.05, 0.1) is 0 Å². The van der Waals surface area contributed by atoms with Crippen molar-refractivity contribution >= 4 is 27.5 Å². The van der Waals surface area contributed by atoms with Crippen molar-refractivity contribution in [1.82, 2.24) is 5.32 Å². The van der Waals surface area contributed by atoms with E-state index in [1.54, 1.807) is 6.92 Å². The fourth-order valence-corrected chi connectivity index (χ4v) is 3.22. The number of nitrogens with one attached hydrogen (secondary N) is 1. The minimum Gasteiger partial charge on any atom is -0.480 e. The normalized spacial score (nSPS) is 12.0. The van der Waals surface area contributed by atoms with Crippen LogP contribution in [0, 0.1) is 0 Å². The second-order valence-corrected chi connectivity index (χ2v) is 6.64. The SMILES string of the molecule is CC(Oc1cccc2ccccc12)C(=O)NCc1ccc2ccccc2c1. The molecule has 0 heterocycles. The van der Waals surface area contributed by atoms with Gasteiger partial charge in [0, 0.05) is 11.9 Å². The van der Waals surface area contributed by atoms with Crippen molar-refractivity contribution in [2.24, 2.45) is 0 Å². The lowest BCUT2D eigenvalue weighted by Gasteiger charge is -2.16. The number of carbonyl (C=O) groups is 1. The first-order valence-electron chi connectivity index (χ1n) is 9.10. The molecule has 0 radical (unpaired) electrons. The first-order chi connectivity index (χ1) is 13.2. The summed E-state index contributed by atoms with van der Waals surface area (Å²) in [5, 5.41) is 7.44. The van der Waals surface area contributed by atoms with E-state index in [1.807, 2.05) is 60.7 Å².